The van der Waals surface area contributed by atoms with Crippen LogP contribution < -0.4 is 10.6 Å². The fourth-order valence-electron chi connectivity index (χ4n) is 2.42. The first-order valence-corrected chi connectivity index (χ1v) is 6.80. The lowest BCUT2D eigenvalue weighted by molar-refractivity contribution is -0.173. The van der Waals surface area contributed by atoms with E-state index in [1.807, 2.05) is 27.7 Å². The summed E-state index contributed by atoms with van der Waals surface area (Å²) in [5.74, 6) is 0. The van der Waals surface area contributed by atoms with E-state index in [0.29, 0.717) is 6.42 Å². The first kappa shape index (κ1) is 18.0. The lowest BCUT2D eigenvalue weighted by Crippen LogP contribution is -2.50. The zero-order valence-electron chi connectivity index (χ0n) is 12.8. The Morgan fingerprint density at radius 3 is 2.43 bits per heavy atom. The predicted molar refractivity (Wildman–Crippen MR) is 71.1 cm³/mol. The molecule has 2 amide bonds. The largest absolute Gasteiger partial charge is 0.411 e. The van der Waals surface area contributed by atoms with Crippen molar-refractivity contribution < 1.29 is 27.4 Å². The van der Waals surface area contributed by atoms with E-state index in [9.17, 15) is 18.0 Å². The summed E-state index contributed by atoms with van der Waals surface area (Å²) in [6, 6.07) is -0.603. The summed E-state index contributed by atoms with van der Waals surface area (Å²) in [4.78, 5) is 11.7. The molecule has 1 aliphatic rings. The first-order valence-electron chi connectivity index (χ1n) is 6.80. The van der Waals surface area contributed by atoms with Gasteiger partial charge in [-0.1, -0.05) is 0 Å². The van der Waals surface area contributed by atoms with Crippen LogP contribution in [0.25, 0.3) is 0 Å². The Morgan fingerprint density at radius 1 is 1.33 bits per heavy atom. The quantitative estimate of drug-likeness (QED) is 0.765. The van der Waals surface area contributed by atoms with Crippen LogP contribution in [-0.4, -0.2) is 49.2 Å². The highest BCUT2D eigenvalue weighted by Crippen LogP contribution is 2.37. The Balaban J connectivity index is 2.25. The van der Waals surface area contributed by atoms with Gasteiger partial charge in [-0.3, -0.25) is 0 Å². The van der Waals surface area contributed by atoms with Crippen LogP contribution in [0.2, 0.25) is 0 Å². The molecule has 5 nitrogen and oxygen atoms in total. The molecular weight excluding hydrogens is 289 g/mol. The van der Waals surface area contributed by atoms with Crippen LogP contribution in [0.4, 0.5) is 18.0 Å². The van der Waals surface area contributed by atoms with Crippen LogP contribution in [0, 0.1) is 0 Å². The zero-order chi connectivity index (χ0) is 16.3. The lowest BCUT2D eigenvalue weighted by atomic mass is 9.95. The van der Waals surface area contributed by atoms with E-state index in [0.717, 1.165) is 0 Å². The molecule has 0 bridgehead atoms. The molecule has 0 unspecified atom stereocenters. The molecule has 124 valence electrons. The van der Waals surface area contributed by atoms with Gasteiger partial charge < -0.3 is 20.1 Å². The number of hydrogen-bond donors (Lipinski definition) is 2. The van der Waals surface area contributed by atoms with Gasteiger partial charge in [0.05, 0.1) is 23.9 Å². The molecule has 0 saturated carbocycles. The van der Waals surface area contributed by atoms with Crippen molar-refractivity contribution in [3.63, 3.8) is 0 Å². The molecule has 1 rings (SSSR count). The monoisotopic (exact) mass is 312 g/mol. The van der Waals surface area contributed by atoms with Crippen molar-refractivity contribution in [3.8, 4) is 0 Å². The molecule has 0 radical (unpaired) electrons. The van der Waals surface area contributed by atoms with Crippen LogP contribution in [0.1, 0.15) is 34.1 Å². The number of ether oxygens (including phenoxy) is 2. The zero-order valence-corrected chi connectivity index (χ0v) is 12.8. The fraction of sp³-hybridized carbons (Fsp3) is 0.923. The molecule has 0 aromatic rings. The van der Waals surface area contributed by atoms with Crippen LogP contribution in [0.5, 0.6) is 0 Å². The molecular formula is C13H23F3N2O3. The van der Waals surface area contributed by atoms with Crippen molar-refractivity contribution in [2.75, 3.05) is 19.8 Å². The second kappa shape index (κ2) is 6.39. The highest BCUT2D eigenvalue weighted by Gasteiger charge is 2.46. The predicted octanol–water partition coefficient (Wildman–Crippen LogP) is 2.21. The first-order chi connectivity index (χ1) is 9.41. The Hall–Kier alpha value is -1.02. The molecule has 1 aliphatic heterocycles. The van der Waals surface area contributed by atoms with Crippen LogP contribution in [0.3, 0.4) is 0 Å². The highest BCUT2D eigenvalue weighted by atomic mass is 19.4. The molecule has 8 heteroatoms. The average Bonchev–Trinajstić information content (AvgIpc) is 2.44. The summed E-state index contributed by atoms with van der Waals surface area (Å²) in [5, 5.41) is 5.24. The summed E-state index contributed by atoms with van der Waals surface area (Å²) in [7, 11) is 0. The molecule has 1 atom stereocenters. The van der Waals surface area contributed by atoms with E-state index >= 15 is 0 Å². The van der Waals surface area contributed by atoms with Crippen molar-refractivity contribution in [3.05, 3.63) is 0 Å². The van der Waals surface area contributed by atoms with Gasteiger partial charge in [-0.15, -0.1) is 0 Å². The Labute approximate surface area is 122 Å². The molecule has 2 N–H and O–H groups in total. The van der Waals surface area contributed by atoms with Crippen molar-refractivity contribution in [2.45, 2.75) is 57.5 Å². The van der Waals surface area contributed by atoms with Gasteiger partial charge in [0, 0.05) is 6.54 Å². The maximum Gasteiger partial charge on any atom is 0.411 e. The topological polar surface area (TPSA) is 59.6 Å². The van der Waals surface area contributed by atoms with Gasteiger partial charge in [-0.25, -0.2) is 4.79 Å². The summed E-state index contributed by atoms with van der Waals surface area (Å²) < 4.78 is 45.7. The number of halogens is 3. The Bertz CT molecular complexity index is 370. The van der Waals surface area contributed by atoms with Gasteiger partial charge in [0.25, 0.3) is 0 Å². The Morgan fingerprint density at radius 2 is 1.95 bits per heavy atom. The van der Waals surface area contributed by atoms with Crippen molar-refractivity contribution in [1.29, 1.82) is 0 Å². The smallest absolute Gasteiger partial charge is 0.370 e. The van der Waals surface area contributed by atoms with Gasteiger partial charge >= 0.3 is 12.2 Å². The third kappa shape index (κ3) is 6.52. The maximum absolute atomic E-state index is 11.8. The number of carbonyl (C=O) groups excluding carboxylic acids is 1. The maximum atomic E-state index is 11.8. The SMILES string of the molecule is CC1(C)C[C@@H](NC(=O)NCCOCC(F)(F)F)C(C)(C)O1. The summed E-state index contributed by atoms with van der Waals surface area (Å²) in [5.41, 5.74) is -0.815. The number of hydrogen-bond acceptors (Lipinski definition) is 3. The minimum Gasteiger partial charge on any atom is -0.370 e. The van der Waals surface area contributed by atoms with Crippen molar-refractivity contribution in [1.82, 2.24) is 10.6 Å². The normalized spacial score (nSPS) is 23.9. The highest BCUT2D eigenvalue weighted by molar-refractivity contribution is 5.74. The van der Waals surface area contributed by atoms with Gasteiger partial charge in [-0.2, -0.15) is 13.2 Å². The molecule has 0 aromatic heterocycles. The van der Waals surface area contributed by atoms with Crippen LogP contribution in [0.15, 0.2) is 0 Å². The summed E-state index contributed by atoms with van der Waals surface area (Å²) in [6.45, 7) is 6.17. The van der Waals surface area contributed by atoms with E-state index in [2.05, 4.69) is 15.4 Å². The number of carbonyl (C=O) groups is 1. The number of urea groups is 1. The third-order valence-corrected chi connectivity index (χ3v) is 3.18. The van der Waals surface area contributed by atoms with Gasteiger partial charge in [-0.05, 0) is 34.1 Å². The van der Waals surface area contributed by atoms with Gasteiger partial charge in [0.15, 0.2) is 0 Å². The lowest BCUT2D eigenvalue weighted by Gasteiger charge is -2.27. The summed E-state index contributed by atoms with van der Waals surface area (Å²) >= 11 is 0. The molecule has 0 spiro atoms. The molecule has 0 aromatic carbocycles. The van der Waals surface area contributed by atoms with E-state index < -0.39 is 24.4 Å². The van der Waals surface area contributed by atoms with Crippen molar-refractivity contribution >= 4 is 6.03 Å². The number of amides is 2. The van der Waals surface area contributed by atoms with E-state index in [-0.39, 0.29) is 24.8 Å². The van der Waals surface area contributed by atoms with Gasteiger partial charge in [0.1, 0.15) is 6.61 Å². The van der Waals surface area contributed by atoms with E-state index in [1.54, 1.807) is 0 Å². The number of nitrogens with one attached hydrogen (secondary N) is 2. The number of rotatable bonds is 5. The fourth-order valence-corrected chi connectivity index (χ4v) is 2.42. The minimum absolute atomic E-state index is 0.0132. The van der Waals surface area contributed by atoms with Crippen molar-refractivity contribution in [2.24, 2.45) is 0 Å². The molecule has 1 heterocycles. The van der Waals surface area contributed by atoms with Crippen LogP contribution in [-0.2, 0) is 9.47 Å². The standard InChI is InChI=1S/C13H23F3N2O3/c1-11(2)7-9(12(3,4)21-11)18-10(19)17-5-6-20-8-13(14,15)16/h9H,5-8H2,1-4H3,(H2,17,18,19)/t9-/m1/s1. The van der Waals surface area contributed by atoms with Crippen LogP contribution >= 0.6 is 0 Å². The van der Waals surface area contributed by atoms with Gasteiger partial charge in [0.2, 0.25) is 0 Å². The third-order valence-electron chi connectivity index (χ3n) is 3.18. The second-order valence-electron chi connectivity index (χ2n) is 6.29. The molecule has 1 fully saturated rings. The molecule has 21 heavy (non-hydrogen) atoms. The minimum atomic E-state index is -4.35. The number of alkyl halides is 3. The van der Waals surface area contributed by atoms with E-state index in [4.69, 9.17) is 4.74 Å². The van der Waals surface area contributed by atoms with E-state index in [1.165, 1.54) is 0 Å². The molecule has 1 saturated heterocycles. The average molecular weight is 312 g/mol. The Kier molecular flexibility index (Phi) is 5.49. The summed E-state index contributed by atoms with van der Waals surface area (Å²) in [6.07, 6.45) is -3.68. The second-order valence-corrected chi connectivity index (χ2v) is 6.29. The molecule has 0 aliphatic carbocycles.